The molecule has 4 nitrogen and oxygen atoms in total. The van der Waals surface area contributed by atoms with Crippen molar-refractivity contribution in [2.24, 2.45) is 16.1 Å². The molecule has 0 spiro atoms. The standard InChI is InChI=1S/C17H28N4/c1-17(2,12-21(3)4)11-19-16(18)20-15-9-8-13-6-5-7-14(13)10-15/h8-10H,5-7,11-12H2,1-4H3,(H3,18,19,20). The van der Waals surface area contributed by atoms with Crippen LogP contribution in [0.15, 0.2) is 23.2 Å². The number of guanidine groups is 1. The second-order valence-electron chi connectivity index (χ2n) is 7.07. The summed E-state index contributed by atoms with van der Waals surface area (Å²) in [5.41, 5.74) is 10.1. The summed E-state index contributed by atoms with van der Waals surface area (Å²) in [7, 11) is 4.16. The molecule has 0 amide bonds. The summed E-state index contributed by atoms with van der Waals surface area (Å²) in [5.74, 6) is 0.500. The highest BCUT2D eigenvalue weighted by molar-refractivity contribution is 5.92. The molecule has 1 aromatic carbocycles. The van der Waals surface area contributed by atoms with Gasteiger partial charge in [0.2, 0.25) is 0 Å². The number of fused-ring (bicyclic) bond motifs is 1. The number of nitrogens with zero attached hydrogens (tertiary/aromatic N) is 2. The molecule has 0 radical (unpaired) electrons. The first-order valence-electron chi connectivity index (χ1n) is 7.69. The minimum atomic E-state index is 0.119. The molecule has 4 heteroatoms. The van der Waals surface area contributed by atoms with E-state index in [-0.39, 0.29) is 5.41 Å². The van der Waals surface area contributed by atoms with Crippen molar-refractivity contribution in [1.82, 2.24) is 4.90 Å². The van der Waals surface area contributed by atoms with Crippen LogP contribution >= 0.6 is 0 Å². The number of rotatable bonds is 5. The van der Waals surface area contributed by atoms with Crippen molar-refractivity contribution in [3.63, 3.8) is 0 Å². The van der Waals surface area contributed by atoms with Crippen LogP contribution in [-0.2, 0) is 12.8 Å². The van der Waals surface area contributed by atoms with E-state index in [0.717, 1.165) is 18.8 Å². The van der Waals surface area contributed by atoms with Crippen LogP contribution in [0.5, 0.6) is 0 Å². The van der Waals surface area contributed by atoms with E-state index in [1.54, 1.807) is 0 Å². The highest BCUT2D eigenvalue weighted by Crippen LogP contribution is 2.24. The van der Waals surface area contributed by atoms with E-state index >= 15 is 0 Å². The maximum Gasteiger partial charge on any atom is 0.193 e. The van der Waals surface area contributed by atoms with Gasteiger partial charge in [0.25, 0.3) is 0 Å². The number of anilines is 1. The molecule has 116 valence electrons. The third-order valence-electron chi connectivity index (χ3n) is 3.79. The smallest absolute Gasteiger partial charge is 0.193 e. The lowest BCUT2D eigenvalue weighted by molar-refractivity contribution is 0.249. The van der Waals surface area contributed by atoms with Gasteiger partial charge in [-0.15, -0.1) is 0 Å². The predicted octanol–water partition coefficient (Wildman–Crippen LogP) is 2.49. The lowest BCUT2D eigenvalue weighted by Crippen LogP contribution is -2.32. The van der Waals surface area contributed by atoms with E-state index in [1.807, 2.05) is 0 Å². The van der Waals surface area contributed by atoms with E-state index in [0.29, 0.717) is 5.96 Å². The molecule has 0 saturated heterocycles. The van der Waals surface area contributed by atoms with Crippen molar-refractivity contribution in [3.05, 3.63) is 29.3 Å². The van der Waals surface area contributed by atoms with Crippen molar-refractivity contribution in [1.29, 1.82) is 0 Å². The number of nitrogens with two attached hydrogens (primary N) is 1. The Morgan fingerprint density at radius 2 is 2.00 bits per heavy atom. The lowest BCUT2D eigenvalue weighted by atomic mass is 9.93. The second-order valence-corrected chi connectivity index (χ2v) is 7.07. The van der Waals surface area contributed by atoms with E-state index in [4.69, 9.17) is 5.73 Å². The highest BCUT2D eigenvalue weighted by atomic mass is 15.1. The molecule has 1 aliphatic rings. The van der Waals surface area contributed by atoms with Crippen LogP contribution in [0.1, 0.15) is 31.4 Å². The number of hydrogen-bond donors (Lipinski definition) is 2. The summed E-state index contributed by atoms with van der Waals surface area (Å²) in [5, 5.41) is 3.21. The van der Waals surface area contributed by atoms with Gasteiger partial charge in [0, 0.05) is 18.8 Å². The summed E-state index contributed by atoms with van der Waals surface area (Å²) in [6, 6.07) is 6.50. The van der Waals surface area contributed by atoms with Crippen LogP contribution in [0.4, 0.5) is 5.69 Å². The van der Waals surface area contributed by atoms with Crippen LogP contribution in [0.3, 0.4) is 0 Å². The average molecular weight is 288 g/mol. The zero-order chi connectivity index (χ0) is 15.5. The Balaban J connectivity index is 1.94. The lowest BCUT2D eigenvalue weighted by Gasteiger charge is -2.26. The number of aryl methyl sites for hydroxylation is 2. The molecule has 21 heavy (non-hydrogen) atoms. The third kappa shape index (κ3) is 4.74. The summed E-state index contributed by atoms with van der Waals surface area (Å²) >= 11 is 0. The summed E-state index contributed by atoms with van der Waals surface area (Å²) < 4.78 is 0. The van der Waals surface area contributed by atoms with Crippen molar-refractivity contribution in [2.75, 3.05) is 32.5 Å². The van der Waals surface area contributed by atoms with Gasteiger partial charge in [-0.25, -0.2) is 0 Å². The van der Waals surface area contributed by atoms with Crippen LogP contribution in [0.25, 0.3) is 0 Å². The van der Waals surface area contributed by atoms with Gasteiger partial charge in [0.15, 0.2) is 5.96 Å². The van der Waals surface area contributed by atoms with Gasteiger partial charge in [0.05, 0.1) is 0 Å². The maximum absolute atomic E-state index is 6.01. The zero-order valence-electron chi connectivity index (χ0n) is 13.7. The Hall–Kier alpha value is -1.55. The summed E-state index contributed by atoms with van der Waals surface area (Å²) in [6.07, 6.45) is 3.65. The molecule has 0 unspecified atom stereocenters. The summed E-state index contributed by atoms with van der Waals surface area (Å²) in [4.78, 5) is 6.67. The minimum Gasteiger partial charge on any atom is -0.370 e. The Morgan fingerprint density at radius 3 is 2.71 bits per heavy atom. The molecule has 3 N–H and O–H groups in total. The molecule has 1 aromatic rings. The number of nitrogens with one attached hydrogen (secondary N) is 1. The topological polar surface area (TPSA) is 53.6 Å². The maximum atomic E-state index is 6.01. The first-order chi connectivity index (χ1) is 9.85. The van der Waals surface area contributed by atoms with Gasteiger partial charge in [0.1, 0.15) is 0 Å². The molecule has 0 aromatic heterocycles. The molecular weight excluding hydrogens is 260 g/mol. The van der Waals surface area contributed by atoms with Gasteiger partial charge in [-0.3, -0.25) is 4.99 Å². The van der Waals surface area contributed by atoms with Crippen LogP contribution < -0.4 is 11.1 Å². The van der Waals surface area contributed by atoms with Crippen molar-refractivity contribution in [3.8, 4) is 0 Å². The number of aliphatic imine (C=N–C) groups is 1. The molecule has 0 aliphatic heterocycles. The molecule has 0 heterocycles. The number of hydrogen-bond acceptors (Lipinski definition) is 2. The average Bonchev–Trinajstić information content (AvgIpc) is 2.82. The predicted molar refractivity (Wildman–Crippen MR) is 90.9 cm³/mol. The zero-order valence-corrected chi connectivity index (χ0v) is 13.7. The third-order valence-corrected chi connectivity index (χ3v) is 3.79. The van der Waals surface area contributed by atoms with E-state index < -0.39 is 0 Å². The van der Waals surface area contributed by atoms with E-state index in [2.05, 4.69) is 61.4 Å². The van der Waals surface area contributed by atoms with Crippen molar-refractivity contribution < 1.29 is 0 Å². The van der Waals surface area contributed by atoms with Crippen LogP contribution in [0, 0.1) is 5.41 Å². The quantitative estimate of drug-likeness (QED) is 0.646. The highest BCUT2D eigenvalue weighted by Gasteiger charge is 2.18. The van der Waals surface area contributed by atoms with Gasteiger partial charge in [-0.2, -0.15) is 0 Å². The Kier molecular flexibility index (Phi) is 4.88. The first kappa shape index (κ1) is 15.8. The molecule has 0 fully saturated rings. The van der Waals surface area contributed by atoms with Gasteiger partial charge in [-0.1, -0.05) is 19.9 Å². The molecule has 0 atom stereocenters. The largest absolute Gasteiger partial charge is 0.370 e. The van der Waals surface area contributed by atoms with Crippen LogP contribution in [0.2, 0.25) is 0 Å². The molecule has 0 saturated carbocycles. The second kappa shape index (κ2) is 6.48. The Labute approximate surface area is 128 Å². The first-order valence-corrected chi connectivity index (χ1v) is 7.69. The normalized spacial score (nSPS) is 15.4. The fourth-order valence-corrected chi connectivity index (χ4v) is 3.04. The Morgan fingerprint density at radius 1 is 1.29 bits per heavy atom. The molecule has 1 aliphatic carbocycles. The monoisotopic (exact) mass is 288 g/mol. The van der Waals surface area contributed by atoms with Crippen LogP contribution in [-0.4, -0.2) is 38.0 Å². The van der Waals surface area contributed by atoms with Crippen molar-refractivity contribution in [2.45, 2.75) is 33.1 Å². The van der Waals surface area contributed by atoms with Gasteiger partial charge in [-0.05, 0) is 62.0 Å². The SMILES string of the molecule is CN(C)CC(C)(C)CN=C(N)Nc1ccc2c(c1)CCC2. The molecular formula is C17H28N4. The fraction of sp³-hybridized carbons (Fsp3) is 0.588. The van der Waals surface area contributed by atoms with E-state index in [9.17, 15) is 0 Å². The van der Waals surface area contributed by atoms with Gasteiger partial charge >= 0.3 is 0 Å². The molecule has 2 rings (SSSR count). The van der Waals surface area contributed by atoms with Gasteiger partial charge < -0.3 is 16.0 Å². The summed E-state index contributed by atoms with van der Waals surface area (Å²) in [6.45, 7) is 6.12. The van der Waals surface area contributed by atoms with E-state index in [1.165, 1.54) is 30.4 Å². The number of benzene rings is 1. The van der Waals surface area contributed by atoms with Crippen molar-refractivity contribution >= 4 is 11.6 Å². The molecule has 0 bridgehead atoms. The fourth-order valence-electron chi connectivity index (χ4n) is 3.04. The minimum absolute atomic E-state index is 0.119. The Bertz CT molecular complexity index is 518.